The van der Waals surface area contributed by atoms with Gasteiger partial charge in [-0.25, -0.2) is 4.39 Å². The van der Waals surface area contributed by atoms with Gasteiger partial charge in [-0.3, -0.25) is 4.79 Å². The quantitative estimate of drug-likeness (QED) is 0.774. The lowest BCUT2D eigenvalue weighted by Gasteiger charge is -2.13. The first-order chi connectivity index (χ1) is 9.45. The van der Waals surface area contributed by atoms with E-state index in [0.717, 1.165) is 11.1 Å². The van der Waals surface area contributed by atoms with Crippen molar-refractivity contribution in [1.29, 1.82) is 0 Å². The van der Waals surface area contributed by atoms with Crippen molar-refractivity contribution in [3.05, 3.63) is 62.9 Å². The van der Waals surface area contributed by atoms with E-state index in [2.05, 4.69) is 15.9 Å². The lowest BCUT2D eigenvalue weighted by atomic mass is 9.96. The average molecular weight is 337 g/mol. The molecule has 0 aromatic heterocycles. The van der Waals surface area contributed by atoms with E-state index in [1.807, 2.05) is 19.9 Å². The summed E-state index contributed by atoms with van der Waals surface area (Å²) < 4.78 is 19.6. The lowest BCUT2D eigenvalue weighted by Crippen LogP contribution is -2.09. The van der Waals surface area contributed by atoms with Gasteiger partial charge < -0.3 is 4.74 Å². The zero-order valence-corrected chi connectivity index (χ0v) is 13.0. The number of methoxy groups -OCH3 is 1. The van der Waals surface area contributed by atoms with Crippen LogP contribution >= 0.6 is 15.9 Å². The SMILES string of the molecule is COc1cc(C)cc(C)c1C(=O)c1cccc(Br)c1F. The van der Waals surface area contributed by atoms with Gasteiger partial charge in [0.15, 0.2) is 5.78 Å². The average Bonchev–Trinajstić information content (AvgIpc) is 2.40. The standard InChI is InChI=1S/C16H14BrFO2/c1-9-7-10(2)14(13(8-9)20-3)16(19)11-5-4-6-12(17)15(11)18/h4-8H,1-3H3. The van der Waals surface area contributed by atoms with Crippen LogP contribution in [0.15, 0.2) is 34.8 Å². The molecule has 2 aromatic rings. The minimum Gasteiger partial charge on any atom is -0.496 e. The number of benzene rings is 2. The van der Waals surface area contributed by atoms with E-state index in [1.165, 1.54) is 13.2 Å². The van der Waals surface area contributed by atoms with Gasteiger partial charge in [-0.2, -0.15) is 0 Å². The van der Waals surface area contributed by atoms with Crippen LogP contribution in [0.25, 0.3) is 0 Å². The molecule has 0 aliphatic carbocycles. The van der Waals surface area contributed by atoms with Crippen LogP contribution < -0.4 is 4.74 Å². The van der Waals surface area contributed by atoms with Gasteiger partial charge >= 0.3 is 0 Å². The Morgan fingerprint density at radius 3 is 2.60 bits per heavy atom. The highest BCUT2D eigenvalue weighted by Gasteiger charge is 2.21. The zero-order valence-electron chi connectivity index (χ0n) is 11.5. The third-order valence-electron chi connectivity index (χ3n) is 3.09. The first kappa shape index (κ1) is 14.7. The number of hydrogen-bond acceptors (Lipinski definition) is 2. The fourth-order valence-corrected chi connectivity index (χ4v) is 2.56. The van der Waals surface area contributed by atoms with Crippen molar-refractivity contribution < 1.29 is 13.9 Å². The molecule has 0 saturated heterocycles. The molecule has 104 valence electrons. The molecule has 0 fully saturated rings. The number of hydrogen-bond donors (Lipinski definition) is 0. The van der Waals surface area contributed by atoms with Crippen molar-refractivity contribution in [2.45, 2.75) is 13.8 Å². The van der Waals surface area contributed by atoms with Crippen LogP contribution in [0.3, 0.4) is 0 Å². The molecule has 2 rings (SSSR count). The first-order valence-electron chi connectivity index (χ1n) is 6.09. The molecule has 0 heterocycles. The summed E-state index contributed by atoms with van der Waals surface area (Å²) in [6.07, 6.45) is 0. The summed E-state index contributed by atoms with van der Waals surface area (Å²) in [6.45, 7) is 3.74. The number of carbonyl (C=O) groups excluding carboxylic acids is 1. The van der Waals surface area contributed by atoms with Crippen molar-refractivity contribution in [3.63, 3.8) is 0 Å². The molecule has 20 heavy (non-hydrogen) atoms. The Bertz CT molecular complexity index is 680. The van der Waals surface area contributed by atoms with Crippen LogP contribution in [0.5, 0.6) is 5.75 Å². The number of carbonyl (C=O) groups is 1. The summed E-state index contributed by atoms with van der Waals surface area (Å²) in [5.74, 6) is -0.468. The number of rotatable bonds is 3. The summed E-state index contributed by atoms with van der Waals surface area (Å²) in [4.78, 5) is 12.6. The first-order valence-corrected chi connectivity index (χ1v) is 6.89. The van der Waals surface area contributed by atoms with E-state index in [-0.39, 0.29) is 15.8 Å². The molecule has 0 N–H and O–H groups in total. The maximum atomic E-state index is 14.1. The highest BCUT2D eigenvalue weighted by Crippen LogP contribution is 2.29. The topological polar surface area (TPSA) is 26.3 Å². The molecule has 0 aliphatic heterocycles. The molecule has 0 saturated carbocycles. The molecule has 0 atom stereocenters. The van der Waals surface area contributed by atoms with Crippen molar-refractivity contribution in [3.8, 4) is 5.75 Å². The Labute approximate surface area is 125 Å². The van der Waals surface area contributed by atoms with Crippen LogP contribution in [-0.2, 0) is 0 Å². The molecule has 2 nitrogen and oxygen atoms in total. The Hall–Kier alpha value is -1.68. The van der Waals surface area contributed by atoms with Crippen LogP contribution in [0.2, 0.25) is 0 Å². The third kappa shape index (κ3) is 2.61. The fourth-order valence-electron chi connectivity index (χ4n) is 2.19. The third-order valence-corrected chi connectivity index (χ3v) is 3.70. The van der Waals surface area contributed by atoms with E-state index in [9.17, 15) is 9.18 Å². The highest BCUT2D eigenvalue weighted by molar-refractivity contribution is 9.10. The Kier molecular flexibility index (Phi) is 4.23. The summed E-state index contributed by atoms with van der Waals surface area (Å²) in [6, 6.07) is 8.32. The number of aryl methyl sites for hydroxylation is 2. The van der Waals surface area contributed by atoms with Gasteiger partial charge in [0, 0.05) is 0 Å². The maximum absolute atomic E-state index is 14.1. The van der Waals surface area contributed by atoms with Gasteiger partial charge in [0.2, 0.25) is 0 Å². The van der Waals surface area contributed by atoms with E-state index in [1.54, 1.807) is 18.2 Å². The molecular weight excluding hydrogens is 323 g/mol. The summed E-state index contributed by atoms with van der Waals surface area (Å²) in [5.41, 5.74) is 2.19. The minimum atomic E-state index is -0.556. The van der Waals surface area contributed by atoms with Crippen molar-refractivity contribution in [1.82, 2.24) is 0 Å². The summed E-state index contributed by atoms with van der Waals surface area (Å²) in [7, 11) is 1.50. The van der Waals surface area contributed by atoms with Gasteiger partial charge in [0.05, 0.1) is 22.7 Å². The monoisotopic (exact) mass is 336 g/mol. The summed E-state index contributed by atoms with van der Waals surface area (Å²) in [5, 5.41) is 0. The van der Waals surface area contributed by atoms with E-state index >= 15 is 0 Å². The largest absolute Gasteiger partial charge is 0.496 e. The van der Waals surface area contributed by atoms with Crippen molar-refractivity contribution >= 4 is 21.7 Å². The second kappa shape index (κ2) is 5.75. The fraction of sp³-hybridized carbons (Fsp3) is 0.188. The second-order valence-electron chi connectivity index (χ2n) is 4.59. The molecule has 0 amide bonds. The van der Waals surface area contributed by atoms with Gasteiger partial charge in [-0.15, -0.1) is 0 Å². The van der Waals surface area contributed by atoms with Crippen LogP contribution in [-0.4, -0.2) is 12.9 Å². The molecule has 0 spiro atoms. The van der Waals surface area contributed by atoms with Gasteiger partial charge in [0.1, 0.15) is 11.6 Å². The normalized spacial score (nSPS) is 10.4. The number of halogens is 2. The number of ether oxygens (including phenoxy) is 1. The molecule has 0 radical (unpaired) electrons. The predicted octanol–water partition coefficient (Wildman–Crippen LogP) is 4.44. The van der Waals surface area contributed by atoms with Gasteiger partial charge in [-0.1, -0.05) is 12.1 Å². The van der Waals surface area contributed by atoms with Gasteiger partial charge in [-0.05, 0) is 59.1 Å². The molecule has 4 heteroatoms. The number of ketones is 1. The Balaban J connectivity index is 2.62. The molecular formula is C16H14BrFO2. The second-order valence-corrected chi connectivity index (χ2v) is 5.44. The smallest absolute Gasteiger partial charge is 0.200 e. The predicted molar refractivity (Wildman–Crippen MR) is 80.0 cm³/mol. The van der Waals surface area contributed by atoms with Crippen LogP contribution in [0.1, 0.15) is 27.0 Å². The Morgan fingerprint density at radius 2 is 1.95 bits per heavy atom. The van der Waals surface area contributed by atoms with Gasteiger partial charge in [0.25, 0.3) is 0 Å². The Morgan fingerprint density at radius 1 is 1.25 bits per heavy atom. The van der Waals surface area contributed by atoms with Crippen molar-refractivity contribution in [2.75, 3.05) is 7.11 Å². The van der Waals surface area contributed by atoms with E-state index in [4.69, 9.17) is 4.74 Å². The lowest BCUT2D eigenvalue weighted by molar-refractivity contribution is 0.103. The molecule has 0 aliphatic rings. The van der Waals surface area contributed by atoms with Crippen LogP contribution in [0, 0.1) is 19.7 Å². The molecule has 0 bridgehead atoms. The zero-order chi connectivity index (χ0) is 14.9. The van der Waals surface area contributed by atoms with E-state index < -0.39 is 5.82 Å². The van der Waals surface area contributed by atoms with Crippen molar-refractivity contribution in [2.24, 2.45) is 0 Å². The van der Waals surface area contributed by atoms with Crippen LogP contribution in [0.4, 0.5) is 4.39 Å². The maximum Gasteiger partial charge on any atom is 0.200 e. The minimum absolute atomic E-state index is 0.0321. The highest BCUT2D eigenvalue weighted by atomic mass is 79.9. The molecule has 2 aromatic carbocycles. The summed E-state index contributed by atoms with van der Waals surface area (Å²) >= 11 is 3.09. The van der Waals surface area contributed by atoms with E-state index in [0.29, 0.717) is 11.3 Å². The molecule has 0 unspecified atom stereocenters.